The van der Waals surface area contributed by atoms with Gasteiger partial charge in [0.1, 0.15) is 22.5 Å². The molecule has 0 spiro atoms. The molecule has 6 heteroatoms. The molecule has 2 aromatic heterocycles. The Kier molecular flexibility index (Phi) is 4.31. The molecule has 102 valence electrons. The highest BCUT2D eigenvalue weighted by Crippen LogP contribution is 2.23. The fraction of sp³-hybridized carbons (Fsp3) is 0.462. The molecule has 0 aliphatic rings. The number of aromatic nitrogens is 3. The monoisotopic (exact) mass is 277 g/mol. The van der Waals surface area contributed by atoms with Gasteiger partial charge in [-0.15, -0.1) is 11.3 Å². The van der Waals surface area contributed by atoms with Crippen LogP contribution < -0.4 is 10.6 Å². The van der Waals surface area contributed by atoms with Gasteiger partial charge in [-0.3, -0.25) is 0 Å². The Hall–Kier alpha value is -1.69. The zero-order valence-electron chi connectivity index (χ0n) is 11.7. The lowest BCUT2D eigenvalue weighted by Gasteiger charge is -2.13. The summed E-state index contributed by atoms with van der Waals surface area (Å²) in [6, 6.07) is 2.07. The van der Waals surface area contributed by atoms with E-state index in [1.54, 1.807) is 11.3 Å². The van der Waals surface area contributed by atoms with Crippen molar-refractivity contribution in [2.45, 2.75) is 33.7 Å². The molecule has 2 N–H and O–H groups in total. The van der Waals surface area contributed by atoms with Gasteiger partial charge in [0.2, 0.25) is 0 Å². The molecule has 0 fully saturated rings. The summed E-state index contributed by atoms with van der Waals surface area (Å²) in [7, 11) is 0. The van der Waals surface area contributed by atoms with Gasteiger partial charge in [0.05, 0.1) is 6.04 Å². The molecule has 0 bridgehead atoms. The lowest BCUT2D eigenvalue weighted by atomic mass is 10.3. The molecular formula is C13H19N5S. The van der Waals surface area contributed by atoms with Crippen molar-refractivity contribution in [3.63, 3.8) is 0 Å². The van der Waals surface area contributed by atoms with Gasteiger partial charge in [-0.25, -0.2) is 15.0 Å². The highest BCUT2D eigenvalue weighted by Gasteiger charge is 2.11. The molecule has 1 unspecified atom stereocenters. The minimum atomic E-state index is 0.141. The van der Waals surface area contributed by atoms with Crippen LogP contribution in [-0.4, -0.2) is 21.5 Å². The van der Waals surface area contributed by atoms with E-state index in [-0.39, 0.29) is 6.04 Å². The second kappa shape index (κ2) is 5.97. The van der Waals surface area contributed by atoms with Gasteiger partial charge in [-0.2, -0.15) is 0 Å². The van der Waals surface area contributed by atoms with E-state index in [2.05, 4.69) is 39.4 Å². The molecule has 0 aliphatic heterocycles. The van der Waals surface area contributed by atoms with Crippen molar-refractivity contribution < 1.29 is 0 Å². The summed E-state index contributed by atoms with van der Waals surface area (Å²) in [6.45, 7) is 8.93. The van der Waals surface area contributed by atoms with Crippen LogP contribution in [0.5, 0.6) is 0 Å². The fourth-order valence-corrected chi connectivity index (χ4v) is 2.55. The summed E-state index contributed by atoms with van der Waals surface area (Å²) in [5, 5.41) is 7.64. The maximum atomic E-state index is 4.40. The van der Waals surface area contributed by atoms with Gasteiger partial charge < -0.3 is 10.6 Å². The maximum Gasteiger partial charge on any atom is 0.132 e. The van der Waals surface area contributed by atoms with Crippen LogP contribution in [0, 0.1) is 13.8 Å². The average molecular weight is 277 g/mol. The van der Waals surface area contributed by atoms with Gasteiger partial charge >= 0.3 is 0 Å². The van der Waals surface area contributed by atoms with Crippen LogP contribution >= 0.6 is 11.3 Å². The fourth-order valence-electron chi connectivity index (χ4n) is 1.77. The third kappa shape index (κ3) is 3.64. The van der Waals surface area contributed by atoms with E-state index >= 15 is 0 Å². The Morgan fingerprint density at radius 3 is 2.63 bits per heavy atom. The molecule has 5 nitrogen and oxygen atoms in total. The first-order chi connectivity index (χ1) is 9.08. The van der Waals surface area contributed by atoms with Crippen molar-refractivity contribution >= 4 is 23.0 Å². The standard InChI is InChI=1S/C13H19N5S/c1-5-14-11-6-12(18-10(4)17-11)16-9(3)13-15-7-8(2)19-13/h6-7,9H,5H2,1-4H3,(H2,14,16,17,18). The van der Waals surface area contributed by atoms with Crippen LogP contribution in [0.1, 0.15) is 35.6 Å². The maximum absolute atomic E-state index is 4.40. The van der Waals surface area contributed by atoms with E-state index in [0.29, 0.717) is 0 Å². The Morgan fingerprint density at radius 2 is 2.00 bits per heavy atom. The van der Waals surface area contributed by atoms with Gasteiger partial charge in [-0.1, -0.05) is 0 Å². The summed E-state index contributed by atoms with van der Waals surface area (Å²) >= 11 is 1.70. The molecule has 0 amide bonds. The van der Waals surface area contributed by atoms with Crippen LogP contribution in [0.2, 0.25) is 0 Å². The molecule has 0 aromatic carbocycles. The Bertz CT molecular complexity index is 552. The highest BCUT2D eigenvalue weighted by atomic mass is 32.1. The number of nitrogens with zero attached hydrogens (tertiary/aromatic N) is 3. The molecule has 0 aliphatic carbocycles. The van der Waals surface area contributed by atoms with Crippen molar-refractivity contribution in [1.82, 2.24) is 15.0 Å². The van der Waals surface area contributed by atoms with Gasteiger partial charge in [-0.05, 0) is 27.7 Å². The van der Waals surface area contributed by atoms with Crippen molar-refractivity contribution in [3.05, 3.63) is 28.0 Å². The van der Waals surface area contributed by atoms with E-state index in [0.717, 1.165) is 29.0 Å². The first kappa shape index (κ1) is 13.7. The molecule has 0 saturated carbocycles. The number of nitrogens with one attached hydrogen (secondary N) is 2. The molecule has 1 atom stereocenters. The number of hydrogen-bond donors (Lipinski definition) is 2. The van der Waals surface area contributed by atoms with Gasteiger partial charge in [0.25, 0.3) is 0 Å². The van der Waals surface area contributed by atoms with E-state index in [1.807, 2.05) is 26.1 Å². The van der Waals surface area contributed by atoms with Crippen LogP contribution in [-0.2, 0) is 0 Å². The second-order valence-electron chi connectivity index (χ2n) is 4.39. The summed E-state index contributed by atoms with van der Waals surface area (Å²) in [4.78, 5) is 14.3. The number of thiazole rings is 1. The number of hydrogen-bond acceptors (Lipinski definition) is 6. The van der Waals surface area contributed by atoms with E-state index in [4.69, 9.17) is 0 Å². The van der Waals surface area contributed by atoms with Crippen molar-refractivity contribution in [1.29, 1.82) is 0 Å². The second-order valence-corrected chi connectivity index (χ2v) is 5.66. The molecule has 2 rings (SSSR count). The summed E-state index contributed by atoms with van der Waals surface area (Å²) in [5.41, 5.74) is 0. The average Bonchev–Trinajstić information content (AvgIpc) is 2.75. The number of anilines is 2. The minimum Gasteiger partial charge on any atom is -0.370 e. The van der Waals surface area contributed by atoms with Gasteiger partial charge in [0, 0.05) is 23.7 Å². The zero-order chi connectivity index (χ0) is 13.8. The Balaban J connectivity index is 2.14. The number of aryl methyl sites for hydroxylation is 2. The quantitative estimate of drug-likeness (QED) is 0.879. The third-order valence-corrected chi connectivity index (χ3v) is 3.67. The normalized spacial score (nSPS) is 12.2. The molecule has 0 radical (unpaired) electrons. The summed E-state index contributed by atoms with van der Waals surface area (Å²) < 4.78 is 0. The summed E-state index contributed by atoms with van der Waals surface area (Å²) in [5.74, 6) is 2.42. The third-order valence-electron chi connectivity index (χ3n) is 2.57. The molecule has 19 heavy (non-hydrogen) atoms. The number of rotatable bonds is 5. The van der Waals surface area contributed by atoms with Crippen LogP contribution in [0.3, 0.4) is 0 Å². The lowest BCUT2D eigenvalue weighted by Crippen LogP contribution is -2.10. The van der Waals surface area contributed by atoms with E-state index in [9.17, 15) is 0 Å². The molecular weight excluding hydrogens is 258 g/mol. The minimum absolute atomic E-state index is 0.141. The summed E-state index contributed by atoms with van der Waals surface area (Å²) in [6.07, 6.45) is 1.90. The SMILES string of the molecule is CCNc1cc(NC(C)c2ncc(C)s2)nc(C)n1. The van der Waals surface area contributed by atoms with Crippen LogP contribution in [0.25, 0.3) is 0 Å². The predicted molar refractivity (Wildman–Crippen MR) is 79.8 cm³/mol. The van der Waals surface area contributed by atoms with Crippen molar-refractivity contribution in [2.24, 2.45) is 0 Å². The van der Waals surface area contributed by atoms with E-state index in [1.165, 1.54) is 4.88 Å². The van der Waals surface area contributed by atoms with Crippen LogP contribution in [0.4, 0.5) is 11.6 Å². The first-order valence-corrected chi connectivity index (χ1v) is 7.18. The molecule has 2 aromatic rings. The molecule has 0 saturated heterocycles. The van der Waals surface area contributed by atoms with Crippen LogP contribution in [0.15, 0.2) is 12.3 Å². The van der Waals surface area contributed by atoms with Crippen molar-refractivity contribution in [2.75, 3.05) is 17.2 Å². The van der Waals surface area contributed by atoms with E-state index < -0.39 is 0 Å². The predicted octanol–water partition coefficient (Wildman–Crippen LogP) is 3.15. The Morgan fingerprint density at radius 1 is 1.26 bits per heavy atom. The first-order valence-electron chi connectivity index (χ1n) is 6.37. The largest absolute Gasteiger partial charge is 0.370 e. The lowest BCUT2D eigenvalue weighted by molar-refractivity contribution is 0.854. The Labute approximate surface area is 117 Å². The molecule has 2 heterocycles. The van der Waals surface area contributed by atoms with Gasteiger partial charge in [0.15, 0.2) is 0 Å². The highest BCUT2D eigenvalue weighted by molar-refractivity contribution is 7.11. The topological polar surface area (TPSA) is 62.7 Å². The smallest absolute Gasteiger partial charge is 0.132 e. The zero-order valence-corrected chi connectivity index (χ0v) is 12.5. The van der Waals surface area contributed by atoms with Crippen molar-refractivity contribution in [3.8, 4) is 0 Å².